The van der Waals surface area contributed by atoms with Crippen LogP contribution in [0.1, 0.15) is 30.4 Å². The molecule has 3 rings (SSSR count). The first-order valence-electron chi connectivity index (χ1n) is 8.52. The minimum atomic E-state index is 0.500. The Bertz CT molecular complexity index is 730. The fourth-order valence-corrected chi connectivity index (χ4v) is 3.97. The molecule has 132 valence electrons. The van der Waals surface area contributed by atoms with Gasteiger partial charge < -0.3 is 14.4 Å². The summed E-state index contributed by atoms with van der Waals surface area (Å²) in [6.45, 7) is 2.55. The summed E-state index contributed by atoms with van der Waals surface area (Å²) in [5, 5.41) is 0. The van der Waals surface area contributed by atoms with Crippen molar-refractivity contribution in [1.29, 1.82) is 0 Å². The van der Waals surface area contributed by atoms with Crippen molar-refractivity contribution in [3.63, 3.8) is 0 Å². The normalized spacial score (nSPS) is 14.2. The van der Waals surface area contributed by atoms with Crippen LogP contribution in [-0.2, 0) is 6.61 Å². The van der Waals surface area contributed by atoms with Crippen LogP contribution in [0.25, 0.3) is 0 Å². The summed E-state index contributed by atoms with van der Waals surface area (Å²) in [4.78, 5) is 3.16. The lowest BCUT2D eigenvalue weighted by Crippen LogP contribution is -2.35. The van der Waals surface area contributed by atoms with Gasteiger partial charge in [0.25, 0.3) is 0 Å². The molecule has 0 aromatic heterocycles. The van der Waals surface area contributed by atoms with Crippen molar-refractivity contribution in [2.75, 3.05) is 20.2 Å². The fourth-order valence-electron chi connectivity index (χ4n) is 2.97. The van der Waals surface area contributed by atoms with E-state index in [1.54, 1.807) is 7.11 Å². The van der Waals surface area contributed by atoms with Gasteiger partial charge in [-0.3, -0.25) is 0 Å². The van der Waals surface area contributed by atoms with E-state index in [4.69, 9.17) is 21.7 Å². The third-order valence-corrected chi connectivity index (χ3v) is 5.50. The molecule has 2 aromatic carbocycles. The van der Waals surface area contributed by atoms with E-state index >= 15 is 0 Å². The monoisotopic (exact) mass is 419 g/mol. The van der Waals surface area contributed by atoms with Crippen LogP contribution in [0.4, 0.5) is 0 Å². The zero-order valence-corrected chi connectivity index (χ0v) is 16.7. The molecule has 1 fully saturated rings. The zero-order valence-electron chi connectivity index (χ0n) is 14.3. The maximum Gasteiger partial charge on any atom is 0.162 e. The van der Waals surface area contributed by atoms with Crippen molar-refractivity contribution in [2.45, 2.75) is 25.9 Å². The molecule has 0 saturated carbocycles. The van der Waals surface area contributed by atoms with Crippen LogP contribution in [0, 0.1) is 0 Å². The first kappa shape index (κ1) is 18.2. The molecule has 0 radical (unpaired) electrons. The number of methoxy groups -OCH3 is 1. The number of hydrogen-bond donors (Lipinski definition) is 0. The van der Waals surface area contributed by atoms with Crippen LogP contribution in [0.15, 0.2) is 46.9 Å². The second kappa shape index (κ2) is 8.68. The van der Waals surface area contributed by atoms with Gasteiger partial charge in [-0.1, -0.05) is 42.5 Å². The van der Waals surface area contributed by atoms with Crippen molar-refractivity contribution < 1.29 is 9.47 Å². The molecule has 0 amide bonds. The van der Waals surface area contributed by atoms with Crippen LogP contribution < -0.4 is 9.47 Å². The minimum Gasteiger partial charge on any atom is -0.493 e. The van der Waals surface area contributed by atoms with Crippen molar-refractivity contribution in [3.8, 4) is 11.5 Å². The molecular formula is C20H22BrNO2S. The molecule has 2 aromatic rings. The number of benzene rings is 2. The van der Waals surface area contributed by atoms with Gasteiger partial charge >= 0.3 is 0 Å². The lowest BCUT2D eigenvalue weighted by atomic mass is 10.1. The number of ether oxygens (including phenoxy) is 2. The Hall–Kier alpha value is -1.59. The molecule has 0 atom stereocenters. The molecule has 1 heterocycles. The molecular weight excluding hydrogens is 398 g/mol. The summed E-state index contributed by atoms with van der Waals surface area (Å²) in [7, 11) is 1.66. The highest BCUT2D eigenvalue weighted by molar-refractivity contribution is 9.10. The van der Waals surface area contributed by atoms with Crippen LogP contribution in [0.2, 0.25) is 0 Å². The molecule has 0 aliphatic carbocycles. The van der Waals surface area contributed by atoms with Crippen LogP contribution in [0.5, 0.6) is 11.5 Å². The van der Waals surface area contributed by atoms with Crippen LogP contribution in [-0.4, -0.2) is 30.1 Å². The predicted octanol–water partition coefficient (Wildman–Crippen LogP) is 5.20. The largest absolute Gasteiger partial charge is 0.493 e. The Morgan fingerprint density at radius 2 is 1.80 bits per heavy atom. The number of nitrogens with zero attached hydrogens (tertiary/aromatic N) is 1. The summed E-state index contributed by atoms with van der Waals surface area (Å²) in [5.74, 6) is 1.41. The van der Waals surface area contributed by atoms with E-state index in [0.29, 0.717) is 18.1 Å². The van der Waals surface area contributed by atoms with E-state index in [9.17, 15) is 0 Å². The molecule has 25 heavy (non-hydrogen) atoms. The molecule has 1 saturated heterocycles. The number of halogens is 1. The maximum atomic E-state index is 5.96. The SMILES string of the molecule is COc1cc(C(=S)N2CCCCC2)c(Br)cc1OCc1ccccc1. The third kappa shape index (κ3) is 4.53. The van der Waals surface area contributed by atoms with Gasteiger partial charge in [0, 0.05) is 23.1 Å². The minimum absolute atomic E-state index is 0.500. The number of thiocarbonyl (C=S) groups is 1. The van der Waals surface area contributed by atoms with Crippen molar-refractivity contribution >= 4 is 33.1 Å². The molecule has 0 spiro atoms. The molecule has 5 heteroatoms. The van der Waals surface area contributed by atoms with Gasteiger partial charge in [0.1, 0.15) is 11.6 Å². The average Bonchev–Trinajstić information content (AvgIpc) is 2.67. The summed E-state index contributed by atoms with van der Waals surface area (Å²) in [5.41, 5.74) is 2.11. The topological polar surface area (TPSA) is 21.7 Å². The predicted molar refractivity (Wildman–Crippen MR) is 109 cm³/mol. The van der Waals surface area contributed by atoms with Gasteiger partial charge in [-0.15, -0.1) is 0 Å². The Balaban J connectivity index is 1.79. The van der Waals surface area contributed by atoms with Gasteiger partial charge in [-0.05, 0) is 52.9 Å². The Morgan fingerprint density at radius 3 is 2.48 bits per heavy atom. The molecule has 3 nitrogen and oxygen atoms in total. The molecule has 1 aliphatic heterocycles. The zero-order chi connectivity index (χ0) is 17.6. The first-order chi connectivity index (χ1) is 12.2. The van der Waals surface area contributed by atoms with Gasteiger partial charge in [-0.25, -0.2) is 0 Å². The van der Waals surface area contributed by atoms with Gasteiger partial charge in [0.2, 0.25) is 0 Å². The highest BCUT2D eigenvalue weighted by Gasteiger charge is 2.19. The summed E-state index contributed by atoms with van der Waals surface area (Å²) in [6, 6.07) is 14.0. The van der Waals surface area contributed by atoms with E-state index in [-0.39, 0.29) is 0 Å². The van der Waals surface area contributed by atoms with E-state index in [1.165, 1.54) is 19.3 Å². The summed E-state index contributed by atoms with van der Waals surface area (Å²) < 4.78 is 12.4. The molecule has 0 unspecified atom stereocenters. The highest BCUT2D eigenvalue weighted by atomic mass is 79.9. The number of hydrogen-bond acceptors (Lipinski definition) is 3. The number of rotatable bonds is 5. The van der Waals surface area contributed by atoms with E-state index in [1.807, 2.05) is 42.5 Å². The molecule has 1 aliphatic rings. The van der Waals surface area contributed by atoms with Crippen molar-refractivity contribution in [3.05, 3.63) is 58.1 Å². The smallest absolute Gasteiger partial charge is 0.162 e. The number of piperidine rings is 1. The van der Waals surface area contributed by atoms with Gasteiger partial charge in [-0.2, -0.15) is 0 Å². The fraction of sp³-hybridized carbons (Fsp3) is 0.350. The van der Waals surface area contributed by atoms with E-state index < -0.39 is 0 Å². The number of likely N-dealkylation sites (tertiary alicyclic amines) is 1. The summed E-state index contributed by atoms with van der Waals surface area (Å²) >= 11 is 9.37. The van der Waals surface area contributed by atoms with Gasteiger partial charge in [0.15, 0.2) is 11.5 Å². The van der Waals surface area contributed by atoms with E-state index in [2.05, 4.69) is 20.8 Å². The lowest BCUT2D eigenvalue weighted by molar-refractivity contribution is 0.284. The Labute approximate surface area is 163 Å². The third-order valence-electron chi connectivity index (χ3n) is 4.36. The maximum absolute atomic E-state index is 5.96. The Morgan fingerprint density at radius 1 is 1.08 bits per heavy atom. The summed E-state index contributed by atoms with van der Waals surface area (Å²) in [6.07, 6.45) is 3.69. The second-order valence-electron chi connectivity index (χ2n) is 6.11. The second-order valence-corrected chi connectivity index (χ2v) is 7.35. The highest BCUT2D eigenvalue weighted by Crippen LogP contribution is 2.35. The van der Waals surface area contributed by atoms with Crippen LogP contribution in [0.3, 0.4) is 0 Å². The average molecular weight is 420 g/mol. The van der Waals surface area contributed by atoms with Gasteiger partial charge in [0.05, 0.1) is 7.11 Å². The van der Waals surface area contributed by atoms with Crippen molar-refractivity contribution in [2.24, 2.45) is 0 Å². The molecule has 0 N–H and O–H groups in total. The molecule has 0 bridgehead atoms. The quantitative estimate of drug-likeness (QED) is 0.620. The standard InChI is InChI=1S/C20H22BrNO2S/c1-23-18-12-16(20(25)22-10-6-3-7-11-22)17(21)13-19(18)24-14-15-8-4-2-5-9-15/h2,4-5,8-9,12-13H,3,6-7,10-11,14H2,1H3. The Kier molecular flexibility index (Phi) is 6.32. The lowest BCUT2D eigenvalue weighted by Gasteiger charge is -2.29. The van der Waals surface area contributed by atoms with Crippen LogP contribution >= 0.6 is 28.1 Å². The van der Waals surface area contributed by atoms with Crippen molar-refractivity contribution in [1.82, 2.24) is 4.90 Å². The van der Waals surface area contributed by atoms with E-state index in [0.717, 1.165) is 33.7 Å². The first-order valence-corrected chi connectivity index (χ1v) is 9.72.